The fourth-order valence-corrected chi connectivity index (χ4v) is 4.04. The lowest BCUT2D eigenvalue weighted by molar-refractivity contribution is 0.605. The number of anilines is 1. The van der Waals surface area contributed by atoms with Crippen molar-refractivity contribution in [2.75, 3.05) is 5.32 Å². The lowest BCUT2D eigenvalue weighted by atomic mass is 9.91. The molecule has 4 aromatic rings. The molecule has 0 aliphatic heterocycles. The van der Waals surface area contributed by atoms with Crippen LogP contribution in [0.5, 0.6) is 0 Å². The Hall–Kier alpha value is -2.99. The van der Waals surface area contributed by atoms with Crippen LogP contribution >= 0.6 is 11.6 Å². The van der Waals surface area contributed by atoms with Crippen LogP contribution in [-0.2, 0) is 12.8 Å². The van der Waals surface area contributed by atoms with E-state index in [0.29, 0.717) is 22.4 Å². The molecule has 0 radical (unpaired) electrons. The Morgan fingerprint density at radius 2 is 2.04 bits per heavy atom. The average molecular weight is 394 g/mol. The molecule has 28 heavy (non-hydrogen) atoms. The van der Waals surface area contributed by atoms with Crippen LogP contribution in [0.15, 0.2) is 48.8 Å². The van der Waals surface area contributed by atoms with Crippen molar-refractivity contribution in [3.63, 3.8) is 0 Å². The van der Waals surface area contributed by atoms with Crippen LogP contribution in [0.25, 0.3) is 22.3 Å². The van der Waals surface area contributed by atoms with E-state index in [1.165, 1.54) is 34.4 Å². The van der Waals surface area contributed by atoms with E-state index in [1.54, 1.807) is 6.07 Å². The van der Waals surface area contributed by atoms with Crippen molar-refractivity contribution in [2.45, 2.75) is 25.3 Å². The zero-order valence-corrected chi connectivity index (χ0v) is 15.7. The van der Waals surface area contributed by atoms with Gasteiger partial charge in [0.2, 0.25) is 0 Å². The molecule has 3 heterocycles. The Kier molecular flexibility index (Phi) is 4.20. The van der Waals surface area contributed by atoms with Gasteiger partial charge in [-0.05, 0) is 37.0 Å². The Morgan fingerprint density at radius 3 is 2.93 bits per heavy atom. The quantitative estimate of drug-likeness (QED) is 0.491. The van der Waals surface area contributed by atoms with Crippen LogP contribution in [-0.4, -0.2) is 26.0 Å². The molecule has 1 unspecified atom stereocenters. The largest absolute Gasteiger partial charge is 0.367 e. The summed E-state index contributed by atoms with van der Waals surface area (Å²) < 4.78 is 13.5. The molecule has 0 fully saturated rings. The lowest BCUT2D eigenvalue weighted by Crippen LogP contribution is -2.27. The third kappa shape index (κ3) is 3.20. The van der Waals surface area contributed by atoms with E-state index in [0.717, 1.165) is 25.5 Å². The van der Waals surface area contributed by atoms with Gasteiger partial charge >= 0.3 is 0 Å². The number of hydrogen-bond donors (Lipinski definition) is 2. The number of aromatic amines is 1. The van der Waals surface area contributed by atoms with Crippen molar-refractivity contribution in [2.24, 2.45) is 0 Å². The molecular weight excluding hydrogens is 377 g/mol. The van der Waals surface area contributed by atoms with Gasteiger partial charge in [0.15, 0.2) is 5.82 Å². The van der Waals surface area contributed by atoms with Gasteiger partial charge in [0, 0.05) is 40.5 Å². The summed E-state index contributed by atoms with van der Waals surface area (Å²) in [5.41, 5.74) is 4.34. The van der Waals surface area contributed by atoms with Crippen LogP contribution in [0, 0.1) is 5.82 Å². The molecule has 1 aliphatic rings. The first-order chi connectivity index (χ1) is 13.7. The number of halogens is 2. The third-order valence-electron chi connectivity index (χ3n) is 5.11. The standard InChI is InChI=1S/C21H17ClFN5/c22-19-9-20(28-21(27-19)12-7-13(23)11-24-10-12)25-14-5-6-18-16(8-14)15-3-1-2-4-17(15)26-18/h1-4,7,9-11,14,26H,5-6,8H2,(H,25,27,28). The molecule has 0 bridgehead atoms. The van der Waals surface area contributed by atoms with E-state index in [9.17, 15) is 4.39 Å². The molecular formula is C21H17ClFN5. The molecule has 0 spiro atoms. The van der Waals surface area contributed by atoms with E-state index in [-0.39, 0.29) is 6.04 Å². The van der Waals surface area contributed by atoms with Crippen molar-refractivity contribution in [1.29, 1.82) is 0 Å². The summed E-state index contributed by atoms with van der Waals surface area (Å²) >= 11 is 6.19. The minimum atomic E-state index is -0.435. The van der Waals surface area contributed by atoms with E-state index in [1.807, 2.05) is 6.07 Å². The molecule has 7 heteroatoms. The molecule has 0 saturated heterocycles. The van der Waals surface area contributed by atoms with E-state index >= 15 is 0 Å². The highest BCUT2D eigenvalue weighted by Gasteiger charge is 2.23. The first kappa shape index (κ1) is 17.1. The Labute approximate surface area is 166 Å². The minimum Gasteiger partial charge on any atom is -0.367 e. The van der Waals surface area contributed by atoms with Crippen LogP contribution in [0.4, 0.5) is 10.2 Å². The Bertz CT molecular complexity index is 1170. The van der Waals surface area contributed by atoms with Crippen LogP contribution in [0.1, 0.15) is 17.7 Å². The molecule has 2 N–H and O–H groups in total. The summed E-state index contributed by atoms with van der Waals surface area (Å²) in [4.78, 5) is 16.1. The Balaban J connectivity index is 1.42. The van der Waals surface area contributed by atoms with Crippen molar-refractivity contribution >= 4 is 28.3 Å². The second kappa shape index (κ2) is 6.87. The number of hydrogen-bond acceptors (Lipinski definition) is 4. The second-order valence-corrected chi connectivity index (χ2v) is 7.39. The number of para-hydroxylation sites is 1. The average Bonchev–Trinajstić information content (AvgIpc) is 3.06. The van der Waals surface area contributed by atoms with Gasteiger partial charge in [-0.2, -0.15) is 0 Å². The predicted octanol–water partition coefficient (Wildman–Crippen LogP) is 4.78. The zero-order chi connectivity index (χ0) is 19.1. The first-order valence-electron chi connectivity index (χ1n) is 9.16. The predicted molar refractivity (Wildman–Crippen MR) is 108 cm³/mol. The molecule has 5 nitrogen and oxygen atoms in total. The van der Waals surface area contributed by atoms with E-state index < -0.39 is 5.82 Å². The maximum absolute atomic E-state index is 13.5. The Morgan fingerprint density at radius 1 is 1.14 bits per heavy atom. The number of nitrogens with zero attached hydrogens (tertiary/aromatic N) is 3. The molecule has 1 aromatic carbocycles. The summed E-state index contributed by atoms with van der Waals surface area (Å²) in [6, 6.07) is 11.7. The lowest BCUT2D eigenvalue weighted by Gasteiger charge is -2.24. The minimum absolute atomic E-state index is 0.233. The number of aryl methyl sites for hydroxylation is 1. The first-order valence-corrected chi connectivity index (χ1v) is 9.54. The van der Waals surface area contributed by atoms with Gasteiger partial charge in [-0.3, -0.25) is 4.98 Å². The van der Waals surface area contributed by atoms with Gasteiger partial charge in [-0.15, -0.1) is 0 Å². The van der Waals surface area contributed by atoms with E-state index in [4.69, 9.17) is 11.6 Å². The molecule has 140 valence electrons. The number of rotatable bonds is 3. The number of fused-ring (bicyclic) bond motifs is 3. The van der Waals surface area contributed by atoms with Gasteiger partial charge in [0.05, 0.1) is 6.20 Å². The molecule has 1 aliphatic carbocycles. The smallest absolute Gasteiger partial charge is 0.164 e. The molecule has 0 amide bonds. The third-order valence-corrected chi connectivity index (χ3v) is 5.30. The number of aromatic nitrogens is 4. The van der Waals surface area contributed by atoms with Crippen LogP contribution < -0.4 is 5.32 Å². The van der Waals surface area contributed by atoms with Crippen LogP contribution in [0.3, 0.4) is 0 Å². The van der Waals surface area contributed by atoms with Gasteiger partial charge in [0.1, 0.15) is 16.8 Å². The zero-order valence-electron chi connectivity index (χ0n) is 14.9. The van der Waals surface area contributed by atoms with E-state index in [2.05, 4.69) is 43.5 Å². The van der Waals surface area contributed by atoms with Gasteiger partial charge in [-0.1, -0.05) is 29.8 Å². The van der Waals surface area contributed by atoms with Gasteiger partial charge in [-0.25, -0.2) is 14.4 Å². The highest BCUT2D eigenvalue weighted by molar-refractivity contribution is 6.29. The fraction of sp³-hybridized carbons (Fsp3) is 0.190. The molecule has 5 rings (SSSR count). The maximum atomic E-state index is 13.5. The number of H-pyrrole nitrogens is 1. The summed E-state index contributed by atoms with van der Waals surface area (Å²) in [7, 11) is 0. The van der Waals surface area contributed by atoms with Crippen LogP contribution in [0.2, 0.25) is 5.15 Å². The number of pyridine rings is 1. The second-order valence-electron chi connectivity index (χ2n) is 7.00. The fourth-order valence-electron chi connectivity index (χ4n) is 3.86. The van der Waals surface area contributed by atoms with Crippen molar-refractivity contribution < 1.29 is 4.39 Å². The number of nitrogens with one attached hydrogen (secondary N) is 2. The van der Waals surface area contributed by atoms with Gasteiger partial charge < -0.3 is 10.3 Å². The van der Waals surface area contributed by atoms with Crippen molar-refractivity contribution in [3.05, 3.63) is 71.0 Å². The summed E-state index contributed by atoms with van der Waals surface area (Å²) in [5.74, 6) is 0.549. The summed E-state index contributed by atoms with van der Waals surface area (Å²) in [6.45, 7) is 0. The monoisotopic (exact) mass is 393 g/mol. The van der Waals surface area contributed by atoms with Gasteiger partial charge in [0.25, 0.3) is 0 Å². The molecule has 0 saturated carbocycles. The topological polar surface area (TPSA) is 66.5 Å². The maximum Gasteiger partial charge on any atom is 0.164 e. The highest BCUT2D eigenvalue weighted by atomic mass is 35.5. The normalized spacial score (nSPS) is 16.1. The highest BCUT2D eigenvalue weighted by Crippen LogP contribution is 2.30. The summed E-state index contributed by atoms with van der Waals surface area (Å²) in [5, 5.41) is 5.06. The number of benzene rings is 1. The SMILES string of the molecule is Fc1cncc(-c2nc(Cl)cc(NC3CCc4[nH]c5ccccc5c4C3)n2)c1. The summed E-state index contributed by atoms with van der Waals surface area (Å²) in [6.07, 6.45) is 5.53. The molecule has 3 aromatic heterocycles. The van der Waals surface area contributed by atoms with Crippen molar-refractivity contribution in [1.82, 2.24) is 19.9 Å². The molecule has 1 atom stereocenters. The van der Waals surface area contributed by atoms with Crippen molar-refractivity contribution in [3.8, 4) is 11.4 Å².